The Labute approximate surface area is 130 Å². The lowest BCUT2D eigenvalue weighted by atomic mass is 10.1. The molecule has 5 nitrogen and oxygen atoms in total. The minimum atomic E-state index is -0.149. The molecule has 0 radical (unpaired) electrons. The summed E-state index contributed by atoms with van der Waals surface area (Å²) in [6, 6.07) is 15.7. The second kappa shape index (κ2) is 5.23. The number of hydrogen-bond donors (Lipinski definition) is 1. The van der Waals surface area contributed by atoms with Crippen molar-refractivity contribution in [2.75, 3.05) is 11.9 Å². The summed E-state index contributed by atoms with van der Waals surface area (Å²) < 4.78 is 9.45. The monoisotopic (exact) mass is 309 g/mol. The summed E-state index contributed by atoms with van der Waals surface area (Å²) in [6.07, 6.45) is 0. The zero-order valence-electron chi connectivity index (χ0n) is 11.4. The number of anilines is 1. The average molecular weight is 309 g/mol. The molecule has 0 spiro atoms. The second-order valence-electron chi connectivity index (χ2n) is 4.86. The molecule has 108 valence electrons. The van der Waals surface area contributed by atoms with E-state index in [-0.39, 0.29) is 12.5 Å². The summed E-state index contributed by atoms with van der Waals surface area (Å²) in [5.74, 6) is 0.525. The van der Waals surface area contributed by atoms with Crippen molar-refractivity contribution >= 4 is 23.1 Å². The van der Waals surface area contributed by atoms with Crippen LogP contribution in [0.15, 0.2) is 48.5 Å². The number of amides is 1. The van der Waals surface area contributed by atoms with Crippen LogP contribution in [-0.2, 0) is 4.79 Å². The average Bonchev–Trinajstić information content (AvgIpc) is 3.04. The fourth-order valence-corrected chi connectivity index (χ4v) is 3.08. The van der Waals surface area contributed by atoms with Crippen LogP contribution in [0, 0.1) is 0 Å². The molecule has 4 rings (SSSR count). The van der Waals surface area contributed by atoms with Crippen molar-refractivity contribution in [3.8, 4) is 27.4 Å². The van der Waals surface area contributed by atoms with Gasteiger partial charge in [0.05, 0.1) is 10.6 Å². The van der Waals surface area contributed by atoms with E-state index in [1.54, 1.807) is 0 Å². The van der Waals surface area contributed by atoms with Crippen molar-refractivity contribution in [3.63, 3.8) is 0 Å². The van der Waals surface area contributed by atoms with Crippen molar-refractivity contribution in [2.45, 2.75) is 0 Å². The highest BCUT2D eigenvalue weighted by molar-refractivity contribution is 7.09. The third kappa shape index (κ3) is 2.23. The van der Waals surface area contributed by atoms with Crippen molar-refractivity contribution in [2.24, 2.45) is 0 Å². The molecule has 1 N–H and O–H groups in total. The van der Waals surface area contributed by atoms with Crippen molar-refractivity contribution < 1.29 is 9.53 Å². The van der Waals surface area contributed by atoms with Gasteiger partial charge in [-0.1, -0.05) is 34.8 Å². The first-order chi connectivity index (χ1) is 10.8. The van der Waals surface area contributed by atoms with Gasteiger partial charge >= 0.3 is 0 Å². The first-order valence-electron chi connectivity index (χ1n) is 6.76. The Morgan fingerprint density at radius 3 is 2.82 bits per heavy atom. The normalized spacial score (nSPS) is 13.2. The summed E-state index contributed by atoms with van der Waals surface area (Å²) in [6.45, 7) is 0.0554. The Kier molecular flexibility index (Phi) is 3.08. The highest BCUT2D eigenvalue weighted by Gasteiger charge is 2.19. The molecule has 1 aliphatic heterocycles. The molecule has 22 heavy (non-hydrogen) atoms. The topological polar surface area (TPSA) is 64.1 Å². The van der Waals surface area contributed by atoms with Gasteiger partial charge in [0.1, 0.15) is 11.4 Å². The fraction of sp³-hybridized carbons (Fsp3) is 0.0625. The summed E-state index contributed by atoms with van der Waals surface area (Å²) in [5.41, 5.74) is 3.45. The highest BCUT2D eigenvalue weighted by atomic mass is 32.1. The van der Waals surface area contributed by atoms with Crippen LogP contribution in [0.1, 0.15) is 0 Å². The molecule has 0 bridgehead atoms. The number of benzene rings is 2. The van der Waals surface area contributed by atoms with Crippen LogP contribution in [-0.4, -0.2) is 22.1 Å². The summed E-state index contributed by atoms with van der Waals surface area (Å²) in [7, 11) is 0. The van der Waals surface area contributed by atoms with E-state index in [4.69, 9.17) is 4.74 Å². The van der Waals surface area contributed by atoms with Crippen molar-refractivity contribution in [1.29, 1.82) is 0 Å². The van der Waals surface area contributed by atoms with Crippen molar-refractivity contribution in [3.05, 3.63) is 48.5 Å². The number of ether oxygens (including phenoxy) is 1. The van der Waals surface area contributed by atoms with Crippen LogP contribution in [0.3, 0.4) is 0 Å². The van der Waals surface area contributed by atoms with E-state index in [9.17, 15) is 4.79 Å². The van der Waals surface area contributed by atoms with E-state index < -0.39 is 0 Å². The van der Waals surface area contributed by atoms with Gasteiger partial charge in [-0.3, -0.25) is 4.79 Å². The van der Waals surface area contributed by atoms with E-state index >= 15 is 0 Å². The summed E-state index contributed by atoms with van der Waals surface area (Å²) in [5, 5.41) is 7.06. The quantitative estimate of drug-likeness (QED) is 0.789. The maximum Gasteiger partial charge on any atom is 0.262 e. The molecular weight excluding hydrogens is 298 g/mol. The van der Waals surface area contributed by atoms with Gasteiger partial charge in [-0.25, -0.2) is 0 Å². The van der Waals surface area contributed by atoms with Gasteiger partial charge in [0.15, 0.2) is 6.61 Å². The third-order valence-corrected chi connectivity index (χ3v) is 4.18. The minimum absolute atomic E-state index is 0.0554. The van der Waals surface area contributed by atoms with Crippen LogP contribution >= 0.6 is 11.5 Å². The molecule has 2 aromatic carbocycles. The molecule has 1 aromatic heterocycles. The fourth-order valence-electron chi connectivity index (χ4n) is 2.39. The molecule has 0 unspecified atom stereocenters. The predicted molar refractivity (Wildman–Crippen MR) is 84.9 cm³/mol. The van der Waals surface area contributed by atoms with Gasteiger partial charge in [0, 0.05) is 5.56 Å². The summed E-state index contributed by atoms with van der Waals surface area (Å²) in [4.78, 5) is 12.5. The molecule has 0 atom stereocenters. The Balaban J connectivity index is 1.79. The number of fused-ring (bicyclic) bond motifs is 1. The second-order valence-corrected chi connectivity index (χ2v) is 5.62. The number of carbonyl (C=O) groups excluding carboxylic acids is 1. The molecular formula is C16H11N3O2S. The number of nitrogens with zero attached hydrogens (tertiary/aromatic N) is 2. The molecule has 0 aliphatic carbocycles. The van der Waals surface area contributed by atoms with Crippen LogP contribution < -0.4 is 10.1 Å². The standard InChI is InChI=1S/C16H11N3O2S/c20-14-9-21-13-7-6-11(8-12(13)17-14)15-16(22-19-18-15)10-4-2-1-3-5-10/h1-8H,9H2,(H,17,20). The van der Waals surface area contributed by atoms with E-state index in [2.05, 4.69) is 14.9 Å². The lowest BCUT2D eigenvalue weighted by Crippen LogP contribution is -2.25. The Morgan fingerprint density at radius 2 is 1.95 bits per heavy atom. The molecule has 1 aliphatic rings. The molecule has 0 fully saturated rings. The number of carbonyl (C=O) groups is 1. The molecule has 2 heterocycles. The van der Waals surface area contributed by atoms with E-state index in [1.807, 2.05) is 48.5 Å². The zero-order valence-corrected chi connectivity index (χ0v) is 12.3. The van der Waals surface area contributed by atoms with Gasteiger partial charge in [-0.2, -0.15) is 0 Å². The lowest BCUT2D eigenvalue weighted by Gasteiger charge is -2.18. The zero-order chi connectivity index (χ0) is 14.9. The number of aromatic nitrogens is 2. The van der Waals surface area contributed by atoms with Gasteiger partial charge in [0.2, 0.25) is 0 Å². The molecule has 6 heteroatoms. The molecule has 3 aromatic rings. The first-order valence-corrected chi connectivity index (χ1v) is 7.53. The Morgan fingerprint density at radius 1 is 1.09 bits per heavy atom. The molecule has 0 saturated carbocycles. The van der Waals surface area contributed by atoms with Gasteiger partial charge in [-0.05, 0) is 35.3 Å². The Hall–Kier alpha value is -2.73. The first kappa shape index (κ1) is 13.0. The maximum absolute atomic E-state index is 11.4. The SMILES string of the molecule is O=C1COc2ccc(-c3nnsc3-c3ccccc3)cc2N1. The van der Waals surface area contributed by atoms with E-state index in [0.29, 0.717) is 11.4 Å². The number of nitrogens with one attached hydrogen (secondary N) is 1. The molecule has 0 saturated heterocycles. The van der Waals surface area contributed by atoms with Crippen LogP contribution in [0.2, 0.25) is 0 Å². The molecule has 1 amide bonds. The van der Waals surface area contributed by atoms with Crippen LogP contribution in [0.5, 0.6) is 5.75 Å². The summed E-state index contributed by atoms with van der Waals surface area (Å²) >= 11 is 1.36. The van der Waals surface area contributed by atoms with Gasteiger partial charge in [0.25, 0.3) is 5.91 Å². The largest absolute Gasteiger partial charge is 0.482 e. The smallest absolute Gasteiger partial charge is 0.262 e. The maximum atomic E-state index is 11.4. The lowest BCUT2D eigenvalue weighted by molar-refractivity contribution is -0.118. The van der Waals surface area contributed by atoms with Crippen molar-refractivity contribution in [1.82, 2.24) is 9.59 Å². The van der Waals surface area contributed by atoms with Crippen LogP contribution in [0.25, 0.3) is 21.7 Å². The Bertz CT molecular complexity index is 846. The predicted octanol–water partition coefficient (Wildman–Crippen LogP) is 3.20. The van der Waals surface area contributed by atoms with Gasteiger partial charge < -0.3 is 10.1 Å². The number of rotatable bonds is 2. The van der Waals surface area contributed by atoms with E-state index in [1.165, 1.54) is 11.5 Å². The van der Waals surface area contributed by atoms with Crippen LogP contribution in [0.4, 0.5) is 5.69 Å². The van der Waals surface area contributed by atoms with E-state index in [0.717, 1.165) is 21.7 Å². The number of hydrogen-bond acceptors (Lipinski definition) is 5. The highest BCUT2D eigenvalue weighted by Crippen LogP contribution is 2.37. The third-order valence-electron chi connectivity index (χ3n) is 3.41. The minimum Gasteiger partial charge on any atom is -0.482 e. The van der Waals surface area contributed by atoms with Gasteiger partial charge in [-0.15, -0.1) is 5.10 Å².